The minimum absolute atomic E-state index is 0.0214. The van der Waals surface area contributed by atoms with Crippen molar-refractivity contribution < 1.29 is 9.18 Å². The number of hydrogen-bond acceptors (Lipinski definition) is 4. The number of rotatable bonds is 3. The summed E-state index contributed by atoms with van der Waals surface area (Å²) in [5.74, 6) is -0.472. The molecule has 2 heterocycles. The van der Waals surface area contributed by atoms with Gasteiger partial charge in [-0.3, -0.25) is 4.79 Å². The quantitative estimate of drug-likeness (QED) is 0.649. The molecule has 1 saturated heterocycles. The van der Waals surface area contributed by atoms with Crippen molar-refractivity contribution in [3.05, 3.63) is 52.8 Å². The Balaban J connectivity index is 1.49. The molecular formula is C20H19ClFN3OS. The Labute approximate surface area is 166 Å². The van der Waals surface area contributed by atoms with Gasteiger partial charge in [0.25, 0.3) is 0 Å². The second kappa shape index (κ2) is 7.44. The number of hydrogen-bond donors (Lipinski definition) is 1. The summed E-state index contributed by atoms with van der Waals surface area (Å²) in [6, 6.07) is 10.5. The average molecular weight is 404 g/mol. The van der Waals surface area contributed by atoms with Crippen LogP contribution >= 0.6 is 22.9 Å². The number of anilines is 2. The van der Waals surface area contributed by atoms with E-state index in [9.17, 15) is 9.18 Å². The van der Waals surface area contributed by atoms with Crippen LogP contribution in [0.15, 0.2) is 36.4 Å². The molecule has 2 aromatic carbocycles. The van der Waals surface area contributed by atoms with Gasteiger partial charge in [-0.1, -0.05) is 35.1 Å². The standard InChI is InChI=1S/C20H19ClFN3OS/c1-12-7-8-14(10-15(12)21)23-19(26)13-4-3-9-25(11-13)20-24-18-16(22)5-2-6-17(18)27-20/h2,5-8,10,13H,3-4,9,11H2,1H3,(H,23,26). The summed E-state index contributed by atoms with van der Waals surface area (Å²) in [5.41, 5.74) is 2.08. The van der Waals surface area contributed by atoms with E-state index in [1.165, 1.54) is 17.4 Å². The SMILES string of the molecule is Cc1ccc(NC(=O)C2CCCN(c3nc4c(F)cccc4s3)C2)cc1Cl. The highest BCUT2D eigenvalue weighted by atomic mass is 35.5. The van der Waals surface area contributed by atoms with Gasteiger partial charge in [0.1, 0.15) is 11.3 Å². The summed E-state index contributed by atoms with van der Waals surface area (Å²) < 4.78 is 14.8. The van der Waals surface area contributed by atoms with Crippen molar-refractivity contribution in [3.63, 3.8) is 0 Å². The Morgan fingerprint density at radius 3 is 3.00 bits per heavy atom. The normalized spacial score (nSPS) is 17.3. The third-order valence-corrected chi connectivity index (χ3v) is 6.35. The summed E-state index contributed by atoms with van der Waals surface area (Å²) in [5, 5.41) is 4.36. The van der Waals surface area contributed by atoms with E-state index >= 15 is 0 Å². The van der Waals surface area contributed by atoms with Gasteiger partial charge in [0, 0.05) is 23.8 Å². The zero-order chi connectivity index (χ0) is 19.0. The number of halogens is 2. The van der Waals surface area contributed by atoms with Crippen LogP contribution in [0.2, 0.25) is 5.02 Å². The Morgan fingerprint density at radius 2 is 2.22 bits per heavy atom. The summed E-state index contributed by atoms with van der Waals surface area (Å²) in [4.78, 5) is 19.2. The first-order valence-electron chi connectivity index (χ1n) is 8.88. The van der Waals surface area contributed by atoms with Gasteiger partial charge in [0.2, 0.25) is 5.91 Å². The van der Waals surface area contributed by atoms with Crippen LogP contribution in [0.3, 0.4) is 0 Å². The molecule has 1 amide bonds. The van der Waals surface area contributed by atoms with E-state index in [0.29, 0.717) is 22.8 Å². The highest BCUT2D eigenvalue weighted by molar-refractivity contribution is 7.22. The Hall–Kier alpha value is -2.18. The van der Waals surface area contributed by atoms with Crippen molar-refractivity contribution in [3.8, 4) is 0 Å². The summed E-state index contributed by atoms with van der Waals surface area (Å²) in [6.07, 6.45) is 1.71. The first-order chi connectivity index (χ1) is 13.0. The molecule has 3 aromatic rings. The molecule has 0 aliphatic carbocycles. The molecule has 1 aliphatic heterocycles. The fraction of sp³-hybridized carbons (Fsp3) is 0.300. The molecule has 140 valence electrons. The number of aromatic nitrogens is 1. The molecule has 27 heavy (non-hydrogen) atoms. The van der Waals surface area contributed by atoms with Crippen molar-refractivity contribution in [2.45, 2.75) is 19.8 Å². The first-order valence-corrected chi connectivity index (χ1v) is 10.1. The predicted molar refractivity (Wildman–Crippen MR) is 109 cm³/mol. The van der Waals surface area contributed by atoms with Crippen molar-refractivity contribution in [2.75, 3.05) is 23.3 Å². The van der Waals surface area contributed by atoms with Gasteiger partial charge in [0.05, 0.1) is 10.6 Å². The van der Waals surface area contributed by atoms with Crippen molar-refractivity contribution in [2.24, 2.45) is 5.92 Å². The highest BCUT2D eigenvalue weighted by Gasteiger charge is 2.28. The molecule has 4 nitrogen and oxygen atoms in total. The minimum Gasteiger partial charge on any atom is -0.347 e. The molecule has 1 atom stereocenters. The zero-order valence-electron chi connectivity index (χ0n) is 14.8. The smallest absolute Gasteiger partial charge is 0.229 e. The molecule has 0 radical (unpaired) electrons. The molecule has 1 unspecified atom stereocenters. The summed E-state index contributed by atoms with van der Waals surface area (Å²) >= 11 is 7.61. The largest absolute Gasteiger partial charge is 0.347 e. The Kier molecular flexibility index (Phi) is 5.02. The molecule has 4 rings (SSSR count). The van der Waals surface area contributed by atoms with Crippen LogP contribution in [0, 0.1) is 18.7 Å². The second-order valence-electron chi connectivity index (χ2n) is 6.82. The number of para-hydroxylation sites is 1. The number of amides is 1. The number of carbonyl (C=O) groups excluding carboxylic acids is 1. The number of nitrogens with one attached hydrogen (secondary N) is 1. The molecular weight excluding hydrogens is 385 g/mol. The van der Waals surface area contributed by atoms with Crippen LogP contribution in [0.25, 0.3) is 10.2 Å². The van der Waals surface area contributed by atoms with Crippen LogP contribution in [0.5, 0.6) is 0 Å². The Bertz CT molecular complexity index is 1010. The second-order valence-corrected chi connectivity index (χ2v) is 8.24. The first kappa shape index (κ1) is 18.2. The van der Waals surface area contributed by atoms with E-state index in [1.807, 2.05) is 25.1 Å². The van der Waals surface area contributed by atoms with E-state index in [0.717, 1.165) is 34.8 Å². The maximum Gasteiger partial charge on any atom is 0.229 e. The third-order valence-electron chi connectivity index (χ3n) is 4.86. The highest BCUT2D eigenvalue weighted by Crippen LogP contribution is 2.33. The van der Waals surface area contributed by atoms with Crippen LogP contribution < -0.4 is 10.2 Å². The fourth-order valence-corrected chi connectivity index (χ4v) is 4.51. The van der Waals surface area contributed by atoms with E-state index in [1.54, 1.807) is 12.1 Å². The van der Waals surface area contributed by atoms with Crippen molar-refractivity contribution in [1.29, 1.82) is 0 Å². The molecule has 1 fully saturated rings. The van der Waals surface area contributed by atoms with E-state index in [-0.39, 0.29) is 17.6 Å². The molecule has 1 N–H and O–H groups in total. The predicted octanol–water partition coefficient (Wildman–Crippen LogP) is 5.25. The van der Waals surface area contributed by atoms with E-state index < -0.39 is 0 Å². The van der Waals surface area contributed by atoms with Gasteiger partial charge >= 0.3 is 0 Å². The lowest BCUT2D eigenvalue weighted by Gasteiger charge is -2.31. The van der Waals surface area contributed by atoms with Crippen LogP contribution in [-0.4, -0.2) is 24.0 Å². The summed E-state index contributed by atoms with van der Waals surface area (Å²) in [6.45, 7) is 3.32. The number of nitrogens with zero attached hydrogens (tertiary/aromatic N) is 2. The van der Waals surface area contributed by atoms with Gasteiger partial charge in [-0.2, -0.15) is 0 Å². The Morgan fingerprint density at radius 1 is 1.37 bits per heavy atom. The van der Waals surface area contributed by atoms with Gasteiger partial charge in [-0.15, -0.1) is 0 Å². The van der Waals surface area contributed by atoms with Crippen LogP contribution in [-0.2, 0) is 4.79 Å². The molecule has 0 saturated carbocycles. The minimum atomic E-state index is -0.308. The van der Waals surface area contributed by atoms with Gasteiger partial charge in [-0.25, -0.2) is 9.37 Å². The zero-order valence-corrected chi connectivity index (χ0v) is 16.4. The van der Waals surface area contributed by atoms with Gasteiger partial charge in [0.15, 0.2) is 5.13 Å². The lowest BCUT2D eigenvalue weighted by Crippen LogP contribution is -2.40. The van der Waals surface area contributed by atoms with Gasteiger partial charge in [-0.05, 0) is 49.6 Å². The molecule has 7 heteroatoms. The lowest BCUT2D eigenvalue weighted by molar-refractivity contribution is -0.120. The number of fused-ring (bicyclic) bond motifs is 1. The van der Waals surface area contributed by atoms with Gasteiger partial charge < -0.3 is 10.2 Å². The van der Waals surface area contributed by atoms with E-state index in [2.05, 4.69) is 15.2 Å². The number of carbonyl (C=O) groups is 1. The third kappa shape index (κ3) is 3.77. The van der Waals surface area contributed by atoms with Crippen LogP contribution in [0.1, 0.15) is 18.4 Å². The maximum absolute atomic E-state index is 13.9. The molecule has 0 bridgehead atoms. The summed E-state index contributed by atoms with van der Waals surface area (Å²) in [7, 11) is 0. The number of aryl methyl sites for hydroxylation is 1. The van der Waals surface area contributed by atoms with Crippen molar-refractivity contribution >= 4 is 49.9 Å². The number of benzene rings is 2. The fourth-order valence-electron chi connectivity index (χ4n) is 3.32. The maximum atomic E-state index is 13.9. The number of piperidine rings is 1. The average Bonchev–Trinajstić information content (AvgIpc) is 3.11. The topological polar surface area (TPSA) is 45.2 Å². The lowest BCUT2D eigenvalue weighted by atomic mass is 9.97. The molecule has 0 spiro atoms. The molecule has 1 aromatic heterocycles. The van der Waals surface area contributed by atoms with E-state index in [4.69, 9.17) is 11.6 Å². The van der Waals surface area contributed by atoms with Crippen molar-refractivity contribution in [1.82, 2.24) is 4.98 Å². The number of thiazole rings is 1. The van der Waals surface area contributed by atoms with Crippen LogP contribution in [0.4, 0.5) is 15.2 Å². The monoisotopic (exact) mass is 403 g/mol. The molecule has 1 aliphatic rings.